The van der Waals surface area contributed by atoms with Crippen LogP contribution in [0.5, 0.6) is 5.88 Å². The number of carbonyl (C=O) groups is 1. The van der Waals surface area contributed by atoms with Crippen LogP contribution in [-0.4, -0.2) is 27.6 Å². The summed E-state index contributed by atoms with van der Waals surface area (Å²) in [5.74, 6) is -0.830. The van der Waals surface area contributed by atoms with Gasteiger partial charge in [0.25, 0.3) is 5.56 Å². The van der Waals surface area contributed by atoms with Gasteiger partial charge in [-0.15, -0.1) is 0 Å². The topological polar surface area (TPSA) is 80.9 Å². The third-order valence-corrected chi connectivity index (χ3v) is 4.95. The number of nitrogens with zero attached hydrogens (tertiary/aromatic N) is 2. The fourth-order valence-electron chi connectivity index (χ4n) is 3.72. The van der Waals surface area contributed by atoms with Crippen molar-refractivity contribution in [1.29, 1.82) is 0 Å². The van der Waals surface area contributed by atoms with Crippen LogP contribution in [0.3, 0.4) is 0 Å². The first-order valence-electron chi connectivity index (χ1n) is 8.39. The number of fused-ring (bicyclic) bond motifs is 1. The van der Waals surface area contributed by atoms with Gasteiger partial charge in [-0.2, -0.15) is 4.98 Å². The van der Waals surface area contributed by atoms with E-state index in [1.165, 1.54) is 17.9 Å². The Morgan fingerprint density at radius 2 is 2.12 bits per heavy atom. The van der Waals surface area contributed by atoms with Gasteiger partial charge in [-0.05, 0) is 30.9 Å². The zero-order valence-corrected chi connectivity index (χ0v) is 13.8. The lowest BCUT2D eigenvalue weighted by Crippen LogP contribution is -2.28. The van der Waals surface area contributed by atoms with Gasteiger partial charge in [0.05, 0.1) is 19.1 Å². The van der Waals surface area contributed by atoms with Crippen molar-refractivity contribution in [3.63, 3.8) is 0 Å². The molecule has 1 fully saturated rings. The molecule has 2 aromatic heterocycles. The molecule has 1 N–H and O–H groups in total. The Balaban J connectivity index is 2.10. The van der Waals surface area contributed by atoms with E-state index in [4.69, 9.17) is 4.74 Å². The van der Waals surface area contributed by atoms with Crippen LogP contribution in [-0.2, 0) is 9.53 Å². The van der Waals surface area contributed by atoms with Gasteiger partial charge >= 0.3 is 5.97 Å². The molecule has 1 unspecified atom stereocenters. The third-order valence-electron chi connectivity index (χ3n) is 4.95. The molecule has 1 aliphatic carbocycles. The molecule has 0 amide bonds. The van der Waals surface area contributed by atoms with Gasteiger partial charge in [-0.1, -0.05) is 25.3 Å². The van der Waals surface area contributed by atoms with Gasteiger partial charge in [-0.25, -0.2) is 0 Å². The molecule has 2 aromatic rings. The van der Waals surface area contributed by atoms with Gasteiger partial charge < -0.3 is 9.84 Å². The maximum atomic E-state index is 12.9. The summed E-state index contributed by atoms with van der Waals surface area (Å²) in [6.07, 6.45) is 6.92. The van der Waals surface area contributed by atoms with Crippen LogP contribution in [0.4, 0.5) is 0 Å². The first-order chi connectivity index (χ1) is 11.6. The SMILES string of the molecule is COC(=O)CC(c1c(O)nc2ccccn2c1=O)C1CCCCC1. The van der Waals surface area contributed by atoms with Gasteiger partial charge in [0, 0.05) is 12.1 Å². The minimum absolute atomic E-state index is 0.0878. The van der Waals surface area contributed by atoms with Crippen molar-refractivity contribution < 1.29 is 14.6 Å². The molecule has 0 aliphatic heterocycles. The molecule has 128 valence electrons. The second-order valence-electron chi connectivity index (χ2n) is 6.37. The molecule has 0 aromatic carbocycles. The first-order valence-corrected chi connectivity index (χ1v) is 8.39. The molecule has 1 atom stereocenters. The third kappa shape index (κ3) is 3.13. The Morgan fingerprint density at radius 1 is 1.38 bits per heavy atom. The number of methoxy groups -OCH3 is 1. The predicted molar refractivity (Wildman–Crippen MR) is 89.1 cm³/mol. The van der Waals surface area contributed by atoms with Gasteiger partial charge in [0.2, 0.25) is 5.88 Å². The largest absolute Gasteiger partial charge is 0.493 e. The summed E-state index contributed by atoms with van der Waals surface area (Å²) in [6, 6.07) is 5.17. The lowest BCUT2D eigenvalue weighted by Gasteiger charge is -2.29. The molecule has 3 rings (SSSR count). The molecule has 1 aliphatic rings. The summed E-state index contributed by atoms with van der Waals surface area (Å²) >= 11 is 0. The molecule has 6 nitrogen and oxygen atoms in total. The quantitative estimate of drug-likeness (QED) is 0.872. The van der Waals surface area contributed by atoms with E-state index < -0.39 is 0 Å². The van der Waals surface area contributed by atoms with Crippen molar-refractivity contribution in [2.75, 3.05) is 7.11 Å². The first kappa shape index (κ1) is 16.5. The summed E-state index contributed by atoms with van der Waals surface area (Å²) in [7, 11) is 1.34. The lowest BCUT2D eigenvalue weighted by molar-refractivity contribution is -0.141. The van der Waals surface area contributed by atoms with Gasteiger partial charge in [0.1, 0.15) is 5.65 Å². The van der Waals surface area contributed by atoms with Crippen molar-refractivity contribution >= 4 is 11.6 Å². The fraction of sp³-hybridized carbons (Fsp3) is 0.500. The fourth-order valence-corrected chi connectivity index (χ4v) is 3.72. The summed E-state index contributed by atoms with van der Waals surface area (Å²) < 4.78 is 6.23. The average Bonchev–Trinajstić information content (AvgIpc) is 2.61. The van der Waals surface area contributed by atoms with E-state index in [0.717, 1.165) is 25.7 Å². The van der Waals surface area contributed by atoms with Crippen molar-refractivity contribution in [1.82, 2.24) is 9.38 Å². The van der Waals surface area contributed by atoms with Crippen molar-refractivity contribution in [2.24, 2.45) is 5.92 Å². The second kappa shape index (κ2) is 7.03. The number of ether oxygens (including phenoxy) is 1. The number of hydrogen-bond acceptors (Lipinski definition) is 5. The standard InChI is InChI=1S/C18H22N2O4/c1-24-15(21)11-13(12-7-3-2-4-8-12)16-17(22)19-14-9-5-6-10-20(14)18(16)23/h5-6,9-10,12-13,22H,2-4,7-8,11H2,1H3. The van der Waals surface area contributed by atoms with Crippen LogP contribution in [0.25, 0.3) is 5.65 Å². The summed E-state index contributed by atoms with van der Waals surface area (Å²) in [5.41, 5.74) is 0.317. The van der Waals surface area contributed by atoms with Crippen LogP contribution in [0, 0.1) is 5.92 Å². The maximum Gasteiger partial charge on any atom is 0.306 e. The van der Waals surface area contributed by atoms with Crippen molar-refractivity contribution in [3.8, 4) is 5.88 Å². The maximum absolute atomic E-state index is 12.9. The van der Waals surface area contributed by atoms with E-state index in [1.807, 2.05) is 0 Å². The summed E-state index contributed by atoms with van der Waals surface area (Å²) in [6.45, 7) is 0. The highest BCUT2D eigenvalue weighted by Gasteiger charge is 2.32. The highest BCUT2D eigenvalue weighted by molar-refractivity contribution is 5.70. The Hall–Kier alpha value is -2.37. The van der Waals surface area contributed by atoms with Crippen molar-refractivity contribution in [2.45, 2.75) is 44.4 Å². The Morgan fingerprint density at radius 3 is 2.83 bits per heavy atom. The number of aromatic hydroxyl groups is 1. The number of aromatic nitrogens is 2. The zero-order chi connectivity index (χ0) is 17.1. The number of esters is 1. The Bertz CT molecular complexity index is 793. The van der Waals surface area contributed by atoms with Crippen molar-refractivity contribution in [3.05, 3.63) is 40.3 Å². The van der Waals surface area contributed by atoms with Crippen LogP contribution < -0.4 is 5.56 Å². The monoisotopic (exact) mass is 330 g/mol. The molecule has 24 heavy (non-hydrogen) atoms. The van der Waals surface area contributed by atoms with Gasteiger partial charge in [0.15, 0.2) is 0 Å². The van der Waals surface area contributed by atoms with Crippen LogP contribution in [0.1, 0.15) is 50.0 Å². The minimum Gasteiger partial charge on any atom is -0.493 e. The molecule has 0 radical (unpaired) electrons. The Kier molecular flexibility index (Phi) is 4.83. The number of carbonyl (C=O) groups excluding carboxylic acids is 1. The lowest BCUT2D eigenvalue weighted by atomic mass is 9.75. The minimum atomic E-state index is -0.373. The van der Waals surface area contributed by atoms with E-state index in [0.29, 0.717) is 5.65 Å². The molecule has 1 saturated carbocycles. The summed E-state index contributed by atoms with van der Waals surface area (Å²) in [5, 5.41) is 10.4. The average molecular weight is 330 g/mol. The number of hydrogen-bond donors (Lipinski definition) is 1. The van der Waals surface area contributed by atoms with E-state index in [1.54, 1.807) is 24.4 Å². The molecule has 0 bridgehead atoms. The highest BCUT2D eigenvalue weighted by Crippen LogP contribution is 2.39. The van der Waals surface area contributed by atoms with E-state index in [2.05, 4.69) is 4.98 Å². The predicted octanol–water partition coefficient (Wildman–Crippen LogP) is 2.63. The molecule has 2 heterocycles. The smallest absolute Gasteiger partial charge is 0.306 e. The molecule has 6 heteroatoms. The summed E-state index contributed by atoms with van der Waals surface area (Å²) in [4.78, 5) is 29.0. The van der Waals surface area contributed by atoms with Gasteiger partial charge in [-0.3, -0.25) is 14.0 Å². The second-order valence-corrected chi connectivity index (χ2v) is 6.37. The molecular formula is C18H22N2O4. The normalized spacial score (nSPS) is 16.9. The van der Waals surface area contributed by atoms with Crippen LogP contribution in [0.15, 0.2) is 29.2 Å². The molecule has 0 saturated heterocycles. The van der Waals surface area contributed by atoms with Crippen LogP contribution >= 0.6 is 0 Å². The highest BCUT2D eigenvalue weighted by atomic mass is 16.5. The molecule has 0 spiro atoms. The number of rotatable bonds is 4. The van der Waals surface area contributed by atoms with E-state index >= 15 is 0 Å². The van der Waals surface area contributed by atoms with E-state index in [-0.39, 0.29) is 41.2 Å². The molecular weight excluding hydrogens is 308 g/mol. The van der Waals surface area contributed by atoms with Crippen LogP contribution in [0.2, 0.25) is 0 Å². The zero-order valence-electron chi connectivity index (χ0n) is 13.8. The Labute approximate surface area is 140 Å². The van der Waals surface area contributed by atoms with E-state index in [9.17, 15) is 14.7 Å². The number of pyridine rings is 1.